The van der Waals surface area contributed by atoms with Gasteiger partial charge in [0.1, 0.15) is 4.21 Å². The van der Waals surface area contributed by atoms with E-state index in [1.165, 1.54) is 29.7 Å². The molecular weight excluding hydrogens is 332 g/mol. The number of carbonyl (C=O) groups is 1. The molecule has 0 fully saturated rings. The van der Waals surface area contributed by atoms with E-state index in [0.29, 0.717) is 19.4 Å². The molecule has 0 atom stereocenters. The van der Waals surface area contributed by atoms with E-state index in [-0.39, 0.29) is 10.1 Å². The van der Waals surface area contributed by atoms with Crippen LogP contribution in [-0.4, -0.2) is 32.7 Å². The molecule has 1 aromatic carbocycles. The molecule has 1 heterocycles. The van der Waals surface area contributed by atoms with Gasteiger partial charge in [-0.2, -0.15) is 0 Å². The third kappa shape index (κ3) is 4.89. The predicted octanol–water partition coefficient (Wildman–Crippen LogP) is 2.25. The quantitative estimate of drug-likeness (QED) is 0.831. The van der Waals surface area contributed by atoms with E-state index in [1.807, 2.05) is 30.3 Å². The van der Waals surface area contributed by atoms with Gasteiger partial charge in [-0.3, -0.25) is 4.79 Å². The van der Waals surface area contributed by atoms with Gasteiger partial charge in [-0.05, 0) is 24.1 Å². The monoisotopic (exact) mass is 352 g/mol. The van der Waals surface area contributed by atoms with Crippen molar-refractivity contribution in [2.45, 2.75) is 23.6 Å². The first kappa shape index (κ1) is 17.7. The average Bonchev–Trinajstić information content (AvgIpc) is 3.01. The Morgan fingerprint density at radius 2 is 1.83 bits per heavy atom. The van der Waals surface area contributed by atoms with Gasteiger partial charge in [0.2, 0.25) is 5.91 Å². The fourth-order valence-electron chi connectivity index (χ4n) is 1.95. The van der Waals surface area contributed by atoms with Crippen molar-refractivity contribution in [3.8, 4) is 0 Å². The minimum atomic E-state index is -3.40. The van der Waals surface area contributed by atoms with E-state index in [4.69, 9.17) is 0 Å². The molecule has 0 saturated heterocycles. The first-order chi connectivity index (χ1) is 10.9. The zero-order valence-electron chi connectivity index (χ0n) is 13.2. The standard InChI is InChI=1S/C16H20N2O3S2/c1-18(2)23(20,21)16-11-9-14(22-16)12-17-15(19)10-8-13-6-4-3-5-7-13/h3-7,9,11H,8,10,12H2,1-2H3,(H,17,19). The molecule has 0 aliphatic rings. The van der Waals surface area contributed by atoms with Gasteiger partial charge in [0, 0.05) is 25.4 Å². The summed E-state index contributed by atoms with van der Waals surface area (Å²) in [7, 11) is -0.402. The first-order valence-electron chi connectivity index (χ1n) is 7.21. The highest BCUT2D eigenvalue weighted by molar-refractivity contribution is 7.91. The summed E-state index contributed by atoms with van der Waals surface area (Å²) in [5.74, 6) is -0.0423. The normalized spacial score (nSPS) is 11.6. The Kier molecular flexibility index (Phi) is 5.92. The second kappa shape index (κ2) is 7.72. The van der Waals surface area contributed by atoms with Crippen LogP contribution in [0.25, 0.3) is 0 Å². The Morgan fingerprint density at radius 3 is 2.48 bits per heavy atom. The third-order valence-corrected chi connectivity index (χ3v) is 6.68. The fourth-order valence-corrected chi connectivity index (χ4v) is 4.41. The van der Waals surface area contributed by atoms with Gasteiger partial charge in [-0.15, -0.1) is 11.3 Å². The molecule has 2 rings (SSSR count). The largest absolute Gasteiger partial charge is 0.351 e. The van der Waals surface area contributed by atoms with Gasteiger partial charge in [-0.25, -0.2) is 12.7 Å². The van der Waals surface area contributed by atoms with E-state index in [1.54, 1.807) is 12.1 Å². The van der Waals surface area contributed by atoms with Crippen molar-refractivity contribution in [1.82, 2.24) is 9.62 Å². The van der Waals surface area contributed by atoms with Crippen LogP contribution in [-0.2, 0) is 27.8 Å². The van der Waals surface area contributed by atoms with Gasteiger partial charge < -0.3 is 5.32 Å². The molecule has 1 aromatic heterocycles. The minimum absolute atomic E-state index is 0.0423. The van der Waals surface area contributed by atoms with Gasteiger partial charge in [0.05, 0.1) is 6.54 Å². The molecule has 0 radical (unpaired) electrons. The number of hydrogen-bond acceptors (Lipinski definition) is 4. The number of sulfonamides is 1. The zero-order valence-corrected chi connectivity index (χ0v) is 14.8. The second-order valence-electron chi connectivity index (χ2n) is 5.27. The number of thiophene rings is 1. The van der Waals surface area contributed by atoms with Crippen LogP contribution < -0.4 is 5.32 Å². The van der Waals surface area contributed by atoms with Crippen LogP contribution in [0.1, 0.15) is 16.9 Å². The summed E-state index contributed by atoms with van der Waals surface area (Å²) in [4.78, 5) is 12.7. The van der Waals surface area contributed by atoms with Crippen molar-refractivity contribution < 1.29 is 13.2 Å². The summed E-state index contributed by atoms with van der Waals surface area (Å²) in [6, 6.07) is 13.1. The number of nitrogens with zero attached hydrogens (tertiary/aromatic N) is 1. The number of nitrogens with one attached hydrogen (secondary N) is 1. The van der Waals surface area contributed by atoms with Crippen molar-refractivity contribution in [3.63, 3.8) is 0 Å². The predicted molar refractivity (Wildman–Crippen MR) is 91.8 cm³/mol. The smallest absolute Gasteiger partial charge is 0.252 e. The van der Waals surface area contributed by atoms with Crippen molar-refractivity contribution in [2.75, 3.05) is 14.1 Å². The maximum absolute atomic E-state index is 12.0. The number of amides is 1. The molecule has 23 heavy (non-hydrogen) atoms. The molecule has 0 unspecified atom stereocenters. The molecule has 7 heteroatoms. The number of carbonyl (C=O) groups excluding carboxylic acids is 1. The number of hydrogen-bond donors (Lipinski definition) is 1. The molecule has 0 spiro atoms. The number of aryl methyl sites for hydroxylation is 1. The molecule has 124 valence electrons. The Hall–Kier alpha value is -1.70. The topological polar surface area (TPSA) is 66.5 Å². The van der Waals surface area contributed by atoms with Crippen LogP contribution in [0, 0.1) is 0 Å². The summed E-state index contributed by atoms with van der Waals surface area (Å²) in [5, 5.41) is 2.83. The lowest BCUT2D eigenvalue weighted by molar-refractivity contribution is -0.121. The summed E-state index contributed by atoms with van der Waals surface area (Å²) < 4.78 is 25.5. The van der Waals surface area contributed by atoms with E-state index < -0.39 is 10.0 Å². The van der Waals surface area contributed by atoms with Crippen molar-refractivity contribution in [2.24, 2.45) is 0 Å². The average molecular weight is 352 g/mol. The van der Waals surface area contributed by atoms with Crippen molar-refractivity contribution >= 4 is 27.3 Å². The molecule has 0 saturated carbocycles. The Morgan fingerprint density at radius 1 is 1.13 bits per heavy atom. The van der Waals surface area contributed by atoms with Crippen LogP contribution in [0.15, 0.2) is 46.7 Å². The van der Waals surface area contributed by atoms with Crippen LogP contribution in [0.4, 0.5) is 0 Å². The third-order valence-electron chi connectivity index (χ3n) is 3.32. The Labute approximate surface area is 141 Å². The maximum atomic E-state index is 12.0. The molecule has 5 nitrogen and oxygen atoms in total. The van der Waals surface area contributed by atoms with Crippen LogP contribution in [0.3, 0.4) is 0 Å². The minimum Gasteiger partial charge on any atom is -0.351 e. The molecule has 0 bridgehead atoms. The highest BCUT2D eigenvalue weighted by Gasteiger charge is 2.19. The highest BCUT2D eigenvalue weighted by Crippen LogP contribution is 2.23. The van der Waals surface area contributed by atoms with Crippen LogP contribution in [0.2, 0.25) is 0 Å². The van der Waals surface area contributed by atoms with Crippen LogP contribution in [0.5, 0.6) is 0 Å². The zero-order chi connectivity index (χ0) is 16.9. The fraction of sp³-hybridized carbons (Fsp3) is 0.312. The molecule has 1 N–H and O–H groups in total. The highest BCUT2D eigenvalue weighted by atomic mass is 32.2. The van der Waals surface area contributed by atoms with E-state index in [9.17, 15) is 13.2 Å². The lowest BCUT2D eigenvalue weighted by Crippen LogP contribution is -2.22. The second-order valence-corrected chi connectivity index (χ2v) is 8.82. The summed E-state index contributed by atoms with van der Waals surface area (Å²) >= 11 is 1.18. The Balaban J connectivity index is 1.84. The van der Waals surface area contributed by atoms with Gasteiger partial charge in [0.15, 0.2) is 0 Å². The van der Waals surface area contributed by atoms with E-state index in [2.05, 4.69) is 5.32 Å². The van der Waals surface area contributed by atoms with Gasteiger partial charge in [-0.1, -0.05) is 30.3 Å². The summed E-state index contributed by atoms with van der Waals surface area (Å²) in [6.07, 6.45) is 1.11. The lowest BCUT2D eigenvalue weighted by atomic mass is 10.1. The van der Waals surface area contributed by atoms with Crippen molar-refractivity contribution in [1.29, 1.82) is 0 Å². The molecule has 1 amide bonds. The van der Waals surface area contributed by atoms with Gasteiger partial charge in [0.25, 0.3) is 10.0 Å². The summed E-state index contributed by atoms with van der Waals surface area (Å²) in [6.45, 7) is 0.348. The number of rotatable bonds is 7. The van der Waals surface area contributed by atoms with E-state index in [0.717, 1.165) is 10.4 Å². The molecular formula is C16H20N2O3S2. The SMILES string of the molecule is CN(C)S(=O)(=O)c1ccc(CNC(=O)CCc2ccccc2)s1. The lowest BCUT2D eigenvalue weighted by Gasteiger charge is -2.08. The van der Waals surface area contributed by atoms with E-state index >= 15 is 0 Å². The number of benzene rings is 1. The van der Waals surface area contributed by atoms with Crippen LogP contribution >= 0.6 is 11.3 Å². The Bertz CT molecular complexity index is 753. The molecule has 0 aliphatic carbocycles. The molecule has 0 aliphatic heterocycles. The van der Waals surface area contributed by atoms with Crippen molar-refractivity contribution in [3.05, 3.63) is 52.9 Å². The molecule has 2 aromatic rings. The summed E-state index contributed by atoms with van der Waals surface area (Å²) in [5.41, 5.74) is 1.12. The first-order valence-corrected chi connectivity index (χ1v) is 9.47. The van der Waals surface area contributed by atoms with Gasteiger partial charge >= 0.3 is 0 Å². The maximum Gasteiger partial charge on any atom is 0.252 e.